The summed E-state index contributed by atoms with van der Waals surface area (Å²) in [6, 6.07) is 5.53. The molecule has 0 amide bonds. The van der Waals surface area contributed by atoms with E-state index in [0.29, 0.717) is 5.02 Å². The average molecular weight is 225 g/mol. The molecule has 0 spiro atoms. The summed E-state index contributed by atoms with van der Waals surface area (Å²) in [6.07, 6.45) is 3.27. The third-order valence-corrected chi connectivity index (χ3v) is 1.70. The maximum absolute atomic E-state index is 5.76. The highest BCUT2D eigenvalue weighted by molar-refractivity contribution is 6.31. The van der Waals surface area contributed by atoms with E-state index in [1.54, 1.807) is 6.20 Å². The average Bonchev–Trinajstić information content (AvgIpc) is 2.34. The Hall–Kier alpha value is -1.15. The van der Waals surface area contributed by atoms with Crippen LogP contribution in [0.4, 0.5) is 0 Å². The minimum absolute atomic E-state index is 0.715. The van der Waals surface area contributed by atoms with Crippen molar-refractivity contribution in [3.8, 4) is 0 Å². The van der Waals surface area contributed by atoms with Crippen LogP contribution in [0.1, 0.15) is 27.7 Å². The minimum atomic E-state index is 0.715. The lowest BCUT2D eigenvalue weighted by Crippen LogP contribution is -1.79. The van der Waals surface area contributed by atoms with Crippen molar-refractivity contribution in [2.75, 3.05) is 0 Å². The first kappa shape index (κ1) is 13.8. The first-order valence-corrected chi connectivity index (χ1v) is 5.59. The molecule has 2 nitrogen and oxygen atoms in total. The Morgan fingerprint density at radius 2 is 1.73 bits per heavy atom. The van der Waals surface area contributed by atoms with Crippen molar-refractivity contribution in [3.63, 3.8) is 0 Å². The Bertz CT molecular complexity index is 388. The molecule has 15 heavy (non-hydrogen) atoms. The molecule has 2 aromatic rings. The monoisotopic (exact) mass is 224 g/mol. The van der Waals surface area contributed by atoms with Gasteiger partial charge in [0.25, 0.3) is 0 Å². The molecule has 0 saturated carbocycles. The normalized spacial score (nSPS) is 8.33. The van der Waals surface area contributed by atoms with Crippen LogP contribution in [0.2, 0.25) is 5.02 Å². The summed E-state index contributed by atoms with van der Waals surface area (Å²) >= 11 is 5.76. The number of rotatable bonds is 0. The van der Waals surface area contributed by atoms with Gasteiger partial charge in [-0.25, -0.2) is 9.97 Å². The first-order valence-electron chi connectivity index (χ1n) is 5.21. The molecule has 0 aliphatic heterocycles. The van der Waals surface area contributed by atoms with Gasteiger partial charge in [0.2, 0.25) is 0 Å². The summed E-state index contributed by atoms with van der Waals surface area (Å²) in [4.78, 5) is 7.94. The van der Waals surface area contributed by atoms with Crippen LogP contribution < -0.4 is 0 Å². The predicted octanol–water partition coefficient (Wildman–Crippen LogP) is 4.34. The Balaban J connectivity index is 0.000000442. The molecule has 0 aliphatic carbocycles. The number of aromatic nitrogens is 2. The van der Waals surface area contributed by atoms with Gasteiger partial charge in [-0.1, -0.05) is 39.3 Å². The molecular formula is C12H17ClN2. The number of fused-ring (bicyclic) bond motifs is 1. The van der Waals surface area contributed by atoms with Crippen LogP contribution in [0.3, 0.4) is 0 Å². The highest BCUT2D eigenvalue weighted by Gasteiger charge is 1.92. The van der Waals surface area contributed by atoms with Crippen LogP contribution >= 0.6 is 11.6 Å². The zero-order valence-electron chi connectivity index (χ0n) is 9.66. The van der Waals surface area contributed by atoms with Gasteiger partial charge in [0, 0.05) is 16.6 Å². The van der Waals surface area contributed by atoms with Gasteiger partial charge in [-0.2, -0.15) is 0 Å². The van der Waals surface area contributed by atoms with Gasteiger partial charge >= 0.3 is 0 Å². The zero-order chi connectivity index (χ0) is 11.7. The Kier molecular flexibility index (Phi) is 7.56. The van der Waals surface area contributed by atoms with Crippen LogP contribution in [0.5, 0.6) is 0 Å². The number of benzene rings is 1. The second-order valence-electron chi connectivity index (χ2n) is 2.23. The number of hydrogen-bond donors (Lipinski definition) is 0. The van der Waals surface area contributed by atoms with E-state index in [1.807, 2.05) is 45.9 Å². The smallest absolute Gasteiger partial charge is 0.116 e. The van der Waals surface area contributed by atoms with Crippen molar-refractivity contribution in [2.24, 2.45) is 0 Å². The fourth-order valence-corrected chi connectivity index (χ4v) is 1.14. The molecule has 0 atom stereocenters. The van der Waals surface area contributed by atoms with E-state index in [1.165, 1.54) is 6.33 Å². The second-order valence-corrected chi connectivity index (χ2v) is 2.66. The molecule has 0 saturated heterocycles. The third kappa shape index (κ3) is 4.26. The molecule has 0 N–H and O–H groups in total. The fourth-order valence-electron chi connectivity index (χ4n) is 0.956. The summed E-state index contributed by atoms with van der Waals surface area (Å²) in [7, 11) is 0. The lowest BCUT2D eigenvalue weighted by atomic mass is 10.2. The number of nitrogens with zero attached hydrogens (tertiary/aromatic N) is 2. The molecule has 0 fully saturated rings. The summed E-state index contributed by atoms with van der Waals surface area (Å²) in [5.41, 5.74) is 0.921. The maximum Gasteiger partial charge on any atom is 0.116 e. The highest BCUT2D eigenvalue weighted by atomic mass is 35.5. The van der Waals surface area contributed by atoms with Crippen LogP contribution in [0.25, 0.3) is 10.9 Å². The molecule has 0 bridgehead atoms. The van der Waals surface area contributed by atoms with Gasteiger partial charge in [0.05, 0.1) is 5.52 Å². The highest BCUT2D eigenvalue weighted by Crippen LogP contribution is 2.15. The van der Waals surface area contributed by atoms with Crippen LogP contribution in [0.15, 0.2) is 30.7 Å². The van der Waals surface area contributed by atoms with Crippen molar-refractivity contribution >= 4 is 22.5 Å². The summed E-state index contributed by atoms with van der Waals surface area (Å²) in [6.45, 7) is 8.00. The fraction of sp³-hybridized carbons (Fsp3) is 0.333. The van der Waals surface area contributed by atoms with E-state index < -0.39 is 0 Å². The van der Waals surface area contributed by atoms with E-state index >= 15 is 0 Å². The van der Waals surface area contributed by atoms with E-state index in [9.17, 15) is 0 Å². The van der Waals surface area contributed by atoms with Crippen molar-refractivity contribution in [1.82, 2.24) is 9.97 Å². The van der Waals surface area contributed by atoms with E-state index in [2.05, 4.69) is 9.97 Å². The van der Waals surface area contributed by atoms with Crippen molar-refractivity contribution in [1.29, 1.82) is 0 Å². The van der Waals surface area contributed by atoms with Gasteiger partial charge in [-0.15, -0.1) is 0 Å². The van der Waals surface area contributed by atoms with Crippen molar-refractivity contribution in [2.45, 2.75) is 27.7 Å². The number of halogens is 1. The molecule has 3 heteroatoms. The van der Waals surface area contributed by atoms with Gasteiger partial charge in [-0.05, 0) is 18.2 Å². The maximum atomic E-state index is 5.76. The molecule has 0 aliphatic rings. The van der Waals surface area contributed by atoms with Crippen molar-refractivity contribution < 1.29 is 0 Å². The van der Waals surface area contributed by atoms with Gasteiger partial charge in [0.1, 0.15) is 6.33 Å². The van der Waals surface area contributed by atoms with Gasteiger partial charge < -0.3 is 0 Å². The Labute approximate surface area is 96.3 Å². The van der Waals surface area contributed by atoms with Crippen LogP contribution in [-0.4, -0.2) is 9.97 Å². The second kappa shape index (κ2) is 8.18. The molecule has 0 radical (unpaired) electrons. The van der Waals surface area contributed by atoms with Gasteiger partial charge in [0.15, 0.2) is 0 Å². The Morgan fingerprint density at radius 3 is 2.40 bits per heavy atom. The van der Waals surface area contributed by atoms with Gasteiger partial charge in [-0.3, -0.25) is 0 Å². The minimum Gasteiger partial charge on any atom is -0.244 e. The van der Waals surface area contributed by atoms with Crippen molar-refractivity contribution in [3.05, 3.63) is 35.7 Å². The molecule has 1 heterocycles. The molecular weight excluding hydrogens is 208 g/mol. The topological polar surface area (TPSA) is 25.8 Å². The molecule has 0 unspecified atom stereocenters. The summed E-state index contributed by atoms with van der Waals surface area (Å²) in [5.74, 6) is 0. The lowest BCUT2D eigenvalue weighted by Gasteiger charge is -1.94. The quantitative estimate of drug-likeness (QED) is 0.666. The predicted molar refractivity (Wildman–Crippen MR) is 67.2 cm³/mol. The SMILES string of the molecule is CC.CC.Clc1ccc2ncncc2c1. The molecule has 2 rings (SSSR count). The molecule has 1 aromatic heterocycles. The van der Waals surface area contributed by atoms with Crippen LogP contribution in [-0.2, 0) is 0 Å². The molecule has 1 aromatic carbocycles. The largest absolute Gasteiger partial charge is 0.244 e. The van der Waals surface area contributed by atoms with E-state index in [-0.39, 0.29) is 0 Å². The zero-order valence-corrected chi connectivity index (χ0v) is 10.4. The lowest BCUT2D eigenvalue weighted by molar-refractivity contribution is 1.22. The summed E-state index contributed by atoms with van der Waals surface area (Å²) in [5, 5.41) is 1.69. The number of hydrogen-bond acceptors (Lipinski definition) is 2. The van der Waals surface area contributed by atoms with E-state index in [4.69, 9.17) is 11.6 Å². The third-order valence-electron chi connectivity index (χ3n) is 1.47. The van der Waals surface area contributed by atoms with Crippen LogP contribution in [0, 0.1) is 0 Å². The van der Waals surface area contributed by atoms with E-state index in [0.717, 1.165) is 10.9 Å². The molecule has 82 valence electrons. The Morgan fingerprint density at radius 1 is 1.07 bits per heavy atom. The summed E-state index contributed by atoms with van der Waals surface area (Å²) < 4.78 is 0. The first-order chi connectivity index (χ1) is 7.36. The standard InChI is InChI=1S/C8H5ClN2.2C2H6/c9-7-1-2-8-6(3-7)4-10-5-11-8;2*1-2/h1-5H;2*1-2H3.